The first-order chi connectivity index (χ1) is 23.1. The van der Waals surface area contributed by atoms with E-state index in [1.54, 1.807) is 0 Å². The molecule has 2 atom stereocenters. The van der Waals surface area contributed by atoms with E-state index in [0.29, 0.717) is 0 Å². The lowest BCUT2D eigenvalue weighted by Crippen LogP contribution is -2.76. The van der Waals surface area contributed by atoms with Gasteiger partial charge in [0.25, 0.3) is 30.3 Å². The van der Waals surface area contributed by atoms with Gasteiger partial charge in [-0.1, -0.05) is 0 Å². The summed E-state index contributed by atoms with van der Waals surface area (Å²) in [6.45, 7) is -5.93. The minimum atomic E-state index is -9.35. The van der Waals surface area contributed by atoms with Crippen molar-refractivity contribution in [1.82, 2.24) is 4.31 Å². The van der Waals surface area contributed by atoms with E-state index >= 15 is 0 Å². The number of alkyl halides is 19. The van der Waals surface area contributed by atoms with Crippen molar-refractivity contribution in [2.75, 3.05) is 51.8 Å². The largest absolute Gasteiger partial charge is 0.460 e. The molecule has 0 rings (SSSR count). The van der Waals surface area contributed by atoms with E-state index in [9.17, 15) is 119 Å². The number of hydrogen-bond acceptors (Lipinski definition) is 8. The van der Waals surface area contributed by atoms with Gasteiger partial charge in [-0.05, 0) is 0 Å². The van der Waals surface area contributed by atoms with Gasteiger partial charge in [-0.25, -0.2) is 8.42 Å². The number of nitrogens with zero attached hydrogens (tertiary/aromatic N) is 2. The molecule has 0 aliphatic carbocycles. The summed E-state index contributed by atoms with van der Waals surface area (Å²) < 4.78 is 345. The molecule has 2 unspecified atom stereocenters. The molecule has 0 aliphatic heterocycles. The molecular formula is C20H26F19N2O10S3+. The number of sulfonamides is 1. The molecule has 0 saturated heterocycles. The van der Waals surface area contributed by atoms with Gasteiger partial charge in [-0.2, -0.15) is 105 Å². The first-order valence-electron chi connectivity index (χ1n) is 13.2. The van der Waals surface area contributed by atoms with Crippen LogP contribution in [-0.4, -0.2) is 170 Å². The number of quaternary nitrogens is 1. The highest BCUT2D eigenvalue weighted by Crippen LogP contribution is 2.65. The third-order valence-corrected chi connectivity index (χ3v) is 10.4. The Kier molecular flexibility index (Phi) is 14.7. The maximum absolute atomic E-state index is 14.9. The van der Waals surface area contributed by atoms with Crippen molar-refractivity contribution in [3.8, 4) is 0 Å². The average Bonchev–Trinajstić information content (AvgIpc) is 2.88. The average molecular weight is 912 g/mol. The first kappa shape index (κ1) is 52.3. The number of likely N-dealkylation sites (N-methyl/N-ethyl adjacent to an activating group) is 1. The van der Waals surface area contributed by atoms with Crippen LogP contribution < -0.4 is 0 Å². The van der Waals surface area contributed by atoms with Crippen LogP contribution in [0.4, 0.5) is 83.4 Å². The van der Waals surface area contributed by atoms with Gasteiger partial charge in [0.1, 0.15) is 24.2 Å². The third-order valence-electron chi connectivity index (χ3n) is 6.85. The molecule has 0 amide bonds. The fraction of sp³-hybridized carbons (Fsp3) is 1.00. The van der Waals surface area contributed by atoms with Crippen molar-refractivity contribution in [1.29, 1.82) is 0 Å². The molecule has 12 nitrogen and oxygen atoms in total. The molecule has 0 bridgehead atoms. The summed E-state index contributed by atoms with van der Waals surface area (Å²) in [6, 6.07) is 0. The molecule has 0 radical (unpaired) electrons. The van der Waals surface area contributed by atoms with Crippen LogP contribution in [0.25, 0.3) is 0 Å². The summed E-state index contributed by atoms with van der Waals surface area (Å²) in [5, 5.41) is 11.3. The zero-order chi connectivity index (χ0) is 44.2. The van der Waals surface area contributed by atoms with Gasteiger partial charge >= 0.3 is 52.9 Å². The molecule has 34 heteroatoms. The lowest BCUT2D eigenvalue weighted by molar-refractivity contribution is -0.893. The van der Waals surface area contributed by atoms with Crippen LogP contribution in [0.15, 0.2) is 0 Å². The smallest absolute Gasteiger partial charge is 0.391 e. The van der Waals surface area contributed by atoms with Crippen LogP contribution in [0, 0.1) is 0 Å². The number of rotatable bonds is 21. The Morgan fingerprint density at radius 3 is 1.19 bits per heavy atom. The zero-order valence-electron chi connectivity index (χ0n) is 26.1. The number of aliphatic hydroxyl groups excluding tert-OH is 2. The lowest BCUT2D eigenvalue weighted by Gasteiger charge is -2.44. The Labute approximate surface area is 290 Å². The topological polar surface area (TPSA) is 187 Å². The monoisotopic (exact) mass is 911 g/mol. The van der Waals surface area contributed by atoms with Crippen molar-refractivity contribution in [2.45, 2.75) is 71.5 Å². The lowest BCUT2D eigenvalue weighted by atomic mass is 9.89. The van der Waals surface area contributed by atoms with Crippen LogP contribution in [0.5, 0.6) is 0 Å². The van der Waals surface area contributed by atoms with E-state index in [0.717, 1.165) is 14.1 Å². The van der Waals surface area contributed by atoms with E-state index in [4.69, 9.17) is 9.11 Å². The second-order valence-electron chi connectivity index (χ2n) is 11.9. The molecule has 0 heterocycles. The Morgan fingerprint density at radius 1 is 0.537 bits per heavy atom. The highest BCUT2D eigenvalue weighted by atomic mass is 32.2. The summed E-state index contributed by atoms with van der Waals surface area (Å²) in [4.78, 5) is 0. The molecule has 0 aromatic rings. The molecule has 4 N–H and O–H groups in total. The van der Waals surface area contributed by atoms with Crippen molar-refractivity contribution >= 4 is 30.3 Å². The maximum atomic E-state index is 14.9. The molecular weight excluding hydrogens is 885 g/mol. The zero-order valence-corrected chi connectivity index (χ0v) is 28.6. The van der Waals surface area contributed by atoms with Crippen molar-refractivity contribution in [3.63, 3.8) is 0 Å². The molecule has 0 saturated carbocycles. The second-order valence-corrected chi connectivity index (χ2v) is 16.9. The summed E-state index contributed by atoms with van der Waals surface area (Å²) in [5.74, 6) is -67.0. The predicted molar refractivity (Wildman–Crippen MR) is 137 cm³/mol. The Balaban J connectivity index is 7.21. The van der Waals surface area contributed by atoms with E-state index in [2.05, 4.69) is 0 Å². The molecule has 0 aliphatic rings. The summed E-state index contributed by atoms with van der Waals surface area (Å²) in [5.41, 5.74) is 0. The summed E-state index contributed by atoms with van der Waals surface area (Å²) in [6.07, 6.45) is -14.4. The molecule has 0 spiro atoms. The molecule has 0 aromatic heterocycles. The van der Waals surface area contributed by atoms with Crippen molar-refractivity contribution in [3.05, 3.63) is 0 Å². The third kappa shape index (κ3) is 9.86. The predicted octanol–water partition coefficient (Wildman–Crippen LogP) is 3.18. The van der Waals surface area contributed by atoms with E-state index in [1.165, 1.54) is 0 Å². The van der Waals surface area contributed by atoms with Crippen LogP contribution >= 0.6 is 0 Å². The Bertz CT molecular complexity index is 1650. The number of aliphatic hydroxyl groups is 2. The summed E-state index contributed by atoms with van der Waals surface area (Å²) in [7, 11) is -16.5. The number of hydrogen-bond donors (Lipinski definition) is 4. The van der Waals surface area contributed by atoms with E-state index in [1.807, 2.05) is 0 Å². The molecule has 326 valence electrons. The highest BCUT2D eigenvalue weighted by Gasteiger charge is 2.97. The van der Waals surface area contributed by atoms with Gasteiger partial charge in [0, 0.05) is 19.5 Å². The van der Waals surface area contributed by atoms with E-state index < -0.39 is 148 Å². The number of halogens is 19. The Hall–Kier alpha value is -1.72. The van der Waals surface area contributed by atoms with Crippen LogP contribution in [0.2, 0.25) is 0 Å². The van der Waals surface area contributed by atoms with Gasteiger partial charge < -0.3 is 14.7 Å². The van der Waals surface area contributed by atoms with Gasteiger partial charge in [0.15, 0.2) is 0 Å². The molecule has 0 fully saturated rings. The van der Waals surface area contributed by atoms with Gasteiger partial charge in [0.2, 0.25) is 0 Å². The highest BCUT2D eigenvalue weighted by molar-refractivity contribution is 7.90. The fourth-order valence-corrected chi connectivity index (χ4v) is 6.84. The first-order valence-corrected chi connectivity index (χ1v) is 17.9. The van der Waals surface area contributed by atoms with Crippen molar-refractivity contribution < 1.29 is 132 Å². The second kappa shape index (κ2) is 15.2. The maximum Gasteiger partial charge on any atom is 0.460 e. The normalized spacial score (nSPS) is 17.2. The van der Waals surface area contributed by atoms with Crippen LogP contribution in [0.1, 0.15) is 6.42 Å². The minimum absolute atomic E-state index is 0.791. The van der Waals surface area contributed by atoms with Gasteiger partial charge in [0.05, 0.1) is 26.7 Å². The van der Waals surface area contributed by atoms with E-state index in [-0.39, 0.29) is 0 Å². The minimum Gasteiger partial charge on any atom is -0.391 e. The summed E-state index contributed by atoms with van der Waals surface area (Å²) >= 11 is 0. The SMILES string of the molecule is C[N+](C)(CCCN(CC(O)CS(=O)(=O)O)S(=O)(=O)C(F)(F)C(F)(F)C(F)(F)C(F)(F)C(F)(F)C(F)(F)C(F)(F)C(F)(F)C(F)(F)F)CC(O)CS(=O)(=O)O. The molecule has 54 heavy (non-hydrogen) atoms. The standard InChI is InChI=1S/C20H25F19N2O10S3/c1-41(2,7-11(43)9-53(47,48)49)5-3-4-40(6-10(42)8-52(44,45)46)54(50,51)20(38,39)18(33,34)16(29,30)14(25,26)12(21,22)13(23,24)15(27,28)17(31,32)19(35,36)37/h10-11,42-43H,3-9H2,1-2H3,(H-,44,45,46,47,48,49)/p+1. The fourth-order valence-electron chi connectivity index (χ4n) is 4.14. The van der Waals surface area contributed by atoms with Gasteiger partial charge in [-0.3, -0.25) is 9.11 Å². The van der Waals surface area contributed by atoms with Crippen LogP contribution in [0.3, 0.4) is 0 Å². The molecule has 0 aromatic carbocycles. The van der Waals surface area contributed by atoms with Crippen LogP contribution in [-0.2, 0) is 30.3 Å². The van der Waals surface area contributed by atoms with Gasteiger partial charge in [-0.15, -0.1) is 0 Å². The quantitative estimate of drug-likeness (QED) is 0.0758. The Morgan fingerprint density at radius 2 is 0.852 bits per heavy atom. The van der Waals surface area contributed by atoms with Crippen molar-refractivity contribution in [2.24, 2.45) is 0 Å².